The molecule has 0 aliphatic carbocycles. The maximum atomic E-state index is 13.5. The third-order valence-corrected chi connectivity index (χ3v) is 11.0. The van der Waals surface area contributed by atoms with E-state index >= 15 is 0 Å². The lowest BCUT2D eigenvalue weighted by atomic mass is 10.1. The summed E-state index contributed by atoms with van der Waals surface area (Å²) in [6, 6.07) is 23.7. The van der Waals surface area contributed by atoms with E-state index in [0.717, 1.165) is 70.3 Å². The molecule has 4 aromatic carbocycles. The van der Waals surface area contributed by atoms with Gasteiger partial charge in [0.25, 0.3) is 0 Å². The topological polar surface area (TPSA) is 36.0 Å². The average molecular weight is 686 g/mol. The molecule has 0 spiro atoms. The fourth-order valence-electron chi connectivity index (χ4n) is 5.90. The smallest absolute Gasteiger partial charge is 0.416 e. The zero-order valence-corrected chi connectivity index (χ0v) is 27.8. The molecule has 0 aromatic heterocycles. The molecule has 0 amide bonds. The summed E-state index contributed by atoms with van der Waals surface area (Å²) in [5.74, 6) is -0.232. The molecule has 1 atom stereocenters. The number of halogens is 4. The number of carbonyl (C=O) groups is 1. The van der Waals surface area contributed by atoms with E-state index in [1.165, 1.54) is 35.7 Å². The molecule has 242 valence electrons. The van der Waals surface area contributed by atoms with Crippen molar-refractivity contribution in [1.82, 2.24) is 9.80 Å². The van der Waals surface area contributed by atoms with Crippen LogP contribution in [-0.4, -0.2) is 73.4 Å². The molecule has 5 nitrogen and oxygen atoms in total. The molecule has 46 heavy (non-hydrogen) atoms. The average Bonchev–Trinajstić information content (AvgIpc) is 3.05. The third-order valence-electron chi connectivity index (χ3n) is 8.39. The first-order valence-electron chi connectivity index (χ1n) is 15.4. The predicted octanol–water partition coefficient (Wildman–Crippen LogP) is 8.85. The zero-order valence-electron chi connectivity index (χ0n) is 25.4. The number of fused-ring (bicyclic) bond motifs is 3. The largest absolute Gasteiger partial charge is 0.463 e. The molecule has 0 saturated carbocycles. The quantitative estimate of drug-likeness (QED) is 0.122. The van der Waals surface area contributed by atoms with Crippen LogP contribution in [0, 0.1) is 0 Å². The highest BCUT2D eigenvalue weighted by Gasteiger charge is 2.33. The standard InChI is InChI=1S/C35H35ClF3N3O2S2/c1-24(45-31-14-12-28(36)26-7-2-3-8-27(26)31)34(43)44-22-21-41-19-17-40(18-20-41)15-6-16-42-29-9-4-5-10-32(29)46-33-13-11-25(23-30(33)42)35(37,38)39/h2-5,7-14,23-24H,6,15-22H2,1H3. The van der Waals surface area contributed by atoms with Crippen LogP contribution in [0.1, 0.15) is 18.9 Å². The van der Waals surface area contributed by atoms with Gasteiger partial charge in [0.1, 0.15) is 11.9 Å². The lowest BCUT2D eigenvalue weighted by molar-refractivity contribution is -0.143. The Morgan fingerprint density at radius 1 is 0.870 bits per heavy atom. The van der Waals surface area contributed by atoms with Crippen molar-refractivity contribution >= 4 is 63.2 Å². The van der Waals surface area contributed by atoms with Crippen molar-refractivity contribution in [3.8, 4) is 0 Å². The van der Waals surface area contributed by atoms with Crippen LogP contribution in [0.5, 0.6) is 0 Å². The first-order valence-corrected chi connectivity index (χ1v) is 17.5. The monoisotopic (exact) mass is 685 g/mol. The highest BCUT2D eigenvalue weighted by atomic mass is 35.5. The number of benzene rings is 4. The fourth-order valence-corrected chi connectivity index (χ4v) is 8.20. The molecule has 2 aliphatic rings. The summed E-state index contributed by atoms with van der Waals surface area (Å²) in [6.07, 6.45) is -3.56. The summed E-state index contributed by atoms with van der Waals surface area (Å²) in [5, 5.41) is 2.34. The molecule has 1 fully saturated rings. The highest BCUT2D eigenvalue weighted by molar-refractivity contribution is 8.00. The number of piperazine rings is 1. The van der Waals surface area contributed by atoms with Crippen molar-refractivity contribution in [2.45, 2.75) is 39.5 Å². The number of para-hydroxylation sites is 1. The van der Waals surface area contributed by atoms with Gasteiger partial charge in [0.05, 0.1) is 16.9 Å². The van der Waals surface area contributed by atoms with Crippen molar-refractivity contribution in [2.75, 3.05) is 57.3 Å². The number of hydrogen-bond acceptors (Lipinski definition) is 7. The van der Waals surface area contributed by atoms with Crippen LogP contribution in [0.25, 0.3) is 10.8 Å². The van der Waals surface area contributed by atoms with Crippen LogP contribution in [0.15, 0.2) is 93.5 Å². The van der Waals surface area contributed by atoms with Gasteiger partial charge in [-0.25, -0.2) is 0 Å². The van der Waals surface area contributed by atoms with E-state index in [0.29, 0.717) is 30.4 Å². The summed E-state index contributed by atoms with van der Waals surface area (Å²) in [6.45, 7) is 7.92. The molecule has 6 rings (SSSR count). The highest BCUT2D eigenvalue weighted by Crippen LogP contribution is 2.49. The second-order valence-electron chi connectivity index (χ2n) is 11.5. The number of ether oxygens (including phenoxy) is 1. The Morgan fingerprint density at radius 2 is 1.54 bits per heavy atom. The van der Waals surface area contributed by atoms with Crippen molar-refractivity contribution in [1.29, 1.82) is 0 Å². The lowest BCUT2D eigenvalue weighted by Gasteiger charge is -2.36. The van der Waals surface area contributed by atoms with Crippen LogP contribution >= 0.6 is 35.1 Å². The molecule has 0 bridgehead atoms. The fraction of sp³-hybridized carbons (Fsp3) is 0.343. The second-order valence-corrected chi connectivity index (χ2v) is 14.3. The van der Waals surface area contributed by atoms with E-state index < -0.39 is 11.7 Å². The second kappa shape index (κ2) is 14.5. The molecule has 2 heterocycles. The molecule has 2 aliphatic heterocycles. The van der Waals surface area contributed by atoms with Gasteiger partial charge in [-0.2, -0.15) is 13.2 Å². The van der Waals surface area contributed by atoms with Crippen molar-refractivity contribution in [2.24, 2.45) is 0 Å². The van der Waals surface area contributed by atoms with Gasteiger partial charge in [0, 0.05) is 64.4 Å². The van der Waals surface area contributed by atoms with Gasteiger partial charge < -0.3 is 14.5 Å². The summed E-state index contributed by atoms with van der Waals surface area (Å²) in [4.78, 5) is 22.4. The normalized spacial score (nSPS) is 16.2. The van der Waals surface area contributed by atoms with E-state index in [2.05, 4.69) is 9.80 Å². The number of esters is 1. The summed E-state index contributed by atoms with van der Waals surface area (Å²) in [7, 11) is 0. The number of rotatable bonds is 10. The van der Waals surface area contributed by atoms with Gasteiger partial charge in [-0.3, -0.25) is 9.69 Å². The Balaban J connectivity index is 0.951. The number of thioether (sulfide) groups is 1. The Bertz CT molecular complexity index is 1700. The Labute approximate surface area is 281 Å². The molecular weight excluding hydrogens is 651 g/mol. The third kappa shape index (κ3) is 7.63. The molecule has 1 saturated heterocycles. The SMILES string of the molecule is CC(Sc1ccc(Cl)c2ccccc12)C(=O)OCCN1CCN(CCCN2c3ccccc3Sc3ccc(C(F)(F)F)cc32)CC1. The Hall–Kier alpha value is -2.89. The number of nitrogens with zero attached hydrogens (tertiary/aromatic N) is 3. The maximum absolute atomic E-state index is 13.5. The van der Waals surface area contributed by atoms with Crippen LogP contribution in [0.4, 0.5) is 24.5 Å². The Morgan fingerprint density at radius 3 is 2.30 bits per heavy atom. The number of alkyl halides is 3. The van der Waals surface area contributed by atoms with Gasteiger partial charge in [-0.15, -0.1) is 11.8 Å². The van der Waals surface area contributed by atoms with Gasteiger partial charge in [0.2, 0.25) is 0 Å². The lowest BCUT2D eigenvalue weighted by Crippen LogP contribution is -2.47. The molecular formula is C35H35ClF3N3O2S2. The van der Waals surface area contributed by atoms with Crippen molar-refractivity contribution in [3.63, 3.8) is 0 Å². The summed E-state index contributed by atoms with van der Waals surface area (Å²) < 4.78 is 46.2. The zero-order chi connectivity index (χ0) is 32.3. The van der Waals surface area contributed by atoms with Gasteiger partial charge in [0.15, 0.2) is 0 Å². The van der Waals surface area contributed by atoms with E-state index in [9.17, 15) is 18.0 Å². The maximum Gasteiger partial charge on any atom is 0.416 e. The number of anilines is 2. The summed E-state index contributed by atoms with van der Waals surface area (Å²) >= 11 is 9.34. The van der Waals surface area contributed by atoms with Gasteiger partial charge >= 0.3 is 12.1 Å². The van der Waals surface area contributed by atoms with Crippen LogP contribution in [0.2, 0.25) is 5.02 Å². The van der Waals surface area contributed by atoms with E-state index in [-0.39, 0.29) is 11.2 Å². The van der Waals surface area contributed by atoms with Gasteiger partial charge in [-0.05, 0) is 67.7 Å². The van der Waals surface area contributed by atoms with Crippen molar-refractivity contribution < 1.29 is 22.7 Å². The first kappa shape index (κ1) is 33.0. The number of carbonyl (C=O) groups excluding carboxylic acids is 1. The minimum absolute atomic E-state index is 0.232. The minimum Gasteiger partial charge on any atom is -0.463 e. The van der Waals surface area contributed by atoms with Crippen LogP contribution < -0.4 is 4.90 Å². The first-order chi connectivity index (χ1) is 22.2. The van der Waals surface area contributed by atoms with Crippen molar-refractivity contribution in [3.05, 3.63) is 89.4 Å². The van der Waals surface area contributed by atoms with Crippen LogP contribution in [-0.2, 0) is 15.7 Å². The van der Waals surface area contributed by atoms with E-state index in [4.69, 9.17) is 16.3 Å². The van der Waals surface area contributed by atoms with Gasteiger partial charge in [-0.1, -0.05) is 59.8 Å². The number of hydrogen-bond donors (Lipinski definition) is 0. The minimum atomic E-state index is -4.38. The van der Waals surface area contributed by atoms with E-state index in [1.54, 1.807) is 6.07 Å². The molecule has 4 aromatic rings. The molecule has 0 radical (unpaired) electrons. The summed E-state index contributed by atoms with van der Waals surface area (Å²) in [5.41, 5.74) is 0.946. The Kier molecular flexibility index (Phi) is 10.4. The van der Waals surface area contributed by atoms with E-state index in [1.807, 2.05) is 72.5 Å². The van der Waals surface area contributed by atoms with Crippen LogP contribution in [0.3, 0.4) is 0 Å². The predicted molar refractivity (Wildman–Crippen MR) is 182 cm³/mol. The molecule has 1 unspecified atom stereocenters. The molecule has 0 N–H and O–H groups in total. The molecule has 11 heteroatoms.